The van der Waals surface area contributed by atoms with Gasteiger partial charge in [-0.1, -0.05) is 67.1 Å². The highest BCUT2D eigenvalue weighted by atomic mass is 32.2. The van der Waals surface area contributed by atoms with Crippen LogP contribution in [0.1, 0.15) is 43.9 Å². The molecule has 4 nitrogen and oxygen atoms in total. The van der Waals surface area contributed by atoms with E-state index in [4.69, 9.17) is 0 Å². The second-order valence-electron chi connectivity index (χ2n) is 7.48. The van der Waals surface area contributed by atoms with Crippen molar-refractivity contribution in [2.24, 2.45) is 0 Å². The molecule has 156 valence electrons. The van der Waals surface area contributed by atoms with Crippen LogP contribution in [0.4, 0.5) is 0 Å². The zero-order chi connectivity index (χ0) is 21.2. The Morgan fingerprint density at radius 3 is 2.38 bits per heavy atom. The molecule has 0 aliphatic carbocycles. The molecule has 0 aliphatic rings. The van der Waals surface area contributed by atoms with E-state index in [-0.39, 0.29) is 17.9 Å². The van der Waals surface area contributed by atoms with Gasteiger partial charge in [0.2, 0.25) is 11.8 Å². The molecule has 2 atom stereocenters. The summed E-state index contributed by atoms with van der Waals surface area (Å²) in [6.07, 6.45) is 0.858. The summed E-state index contributed by atoms with van der Waals surface area (Å²) in [4.78, 5) is 27.4. The molecule has 0 saturated carbocycles. The van der Waals surface area contributed by atoms with Gasteiger partial charge >= 0.3 is 0 Å². The van der Waals surface area contributed by atoms with Crippen molar-refractivity contribution >= 4 is 23.6 Å². The Balaban J connectivity index is 2.07. The van der Waals surface area contributed by atoms with Crippen molar-refractivity contribution in [1.29, 1.82) is 0 Å². The fraction of sp³-hybridized carbons (Fsp3) is 0.417. The number of benzene rings is 2. The maximum absolute atomic E-state index is 13.0. The normalized spacial score (nSPS) is 12.8. The molecule has 5 heteroatoms. The molecule has 0 saturated heterocycles. The quantitative estimate of drug-likeness (QED) is 0.622. The fourth-order valence-electron chi connectivity index (χ4n) is 2.97. The first kappa shape index (κ1) is 23.0. The third kappa shape index (κ3) is 7.58. The molecule has 0 spiro atoms. The predicted molar refractivity (Wildman–Crippen MR) is 122 cm³/mol. The Morgan fingerprint density at radius 1 is 1.03 bits per heavy atom. The molecular weight excluding hydrogens is 380 g/mol. The SMILES string of the molecule is CCC(C)NC(=O)C(C)N(Cc1cccc(C)c1)C(=O)CSCc1ccccc1. The topological polar surface area (TPSA) is 49.4 Å². The van der Waals surface area contributed by atoms with Crippen LogP contribution in [0.3, 0.4) is 0 Å². The highest BCUT2D eigenvalue weighted by Gasteiger charge is 2.26. The third-order valence-electron chi connectivity index (χ3n) is 4.94. The van der Waals surface area contributed by atoms with Gasteiger partial charge in [0.15, 0.2) is 0 Å². The van der Waals surface area contributed by atoms with Crippen LogP contribution in [0.25, 0.3) is 0 Å². The number of hydrogen-bond donors (Lipinski definition) is 1. The molecule has 29 heavy (non-hydrogen) atoms. The molecule has 0 aromatic heterocycles. The maximum atomic E-state index is 13.0. The number of carbonyl (C=O) groups is 2. The van der Waals surface area contributed by atoms with Crippen LogP contribution >= 0.6 is 11.8 Å². The first-order chi connectivity index (χ1) is 13.9. The third-order valence-corrected chi connectivity index (χ3v) is 5.93. The lowest BCUT2D eigenvalue weighted by atomic mass is 10.1. The summed E-state index contributed by atoms with van der Waals surface area (Å²) >= 11 is 1.58. The Bertz CT molecular complexity index is 794. The van der Waals surface area contributed by atoms with Crippen LogP contribution in [0.15, 0.2) is 54.6 Å². The number of hydrogen-bond acceptors (Lipinski definition) is 3. The Kier molecular flexibility index (Phi) is 9.26. The number of nitrogens with one attached hydrogen (secondary N) is 1. The molecule has 2 rings (SSSR count). The molecule has 0 radical (unpaired) electrons. The van der Waals surface area contributed by atoms with Crippen molar-refractivity contribution in [3.63, 3.8) is 0 Å². The summed E-state index contributed by atoms with van der Waals surface area (Å²) in [6, 6.07) is 17.8. The van der Waals surface area contributed by atoms with E-state index in [2.05, 4.69) is 23.5 Å². The Hall–Kier alpha value is -2.27. The number of aryl methyl sites for hydroxylation is 1. The number of carbonyl (C=O) groups excluding carboxylic acids is 2. The largest absolute Gasteiger partial charge is 0.352 e. The van der Waals surface area contributed by atoms with Gasteiger partial charge in [-0.05, 0) is 38.3 Å². The fourth-order valence-corrected chi connectivity index (χ4v) is 3.84. The maximum Gasteiger partial charge on any atom is 0.242 e. The van der Waals surface area contributed by atoms with Crippen molar-refractivity contribution in [2.75, 3.05) is 5.75 Å². The Labute approximate surface area is 179 Å². The van der Waals surface area contributed by atoms with Gasteiger partial charge in [0.25, 0.3) is 0 Å². The molecule has 2 unspecified atom stereocenters. The highest BCUT2D eigenvalue weighted by Crippen LogP contribution is 2.16. The standard InChI is InChI=1S/C24H32N2O2S/c1-5-19(3)25-24(28)20(4)26(15-22-13-9-10-18(2)14-22)23(27)17-29-16-21-11-7-6-8-12-21/h6-14,19-20H,5,15-17H2,1-4H3,(H,25,28). The van der Waals surface area contributed by atoms with E-state index in [9.17, 15) is 9.59 Å². The van der Waals surface area contributed by atoms with Crippen molar-refractivity contribution < 1.29 is 9.59 Å². The van der Waals surface area contributed by atoms with Crippen molar-refractivity contribution in [1.82, 2.24) is 10.2 Å². The van der Waals surface area contributed by atoms with Crippen LogP contribution in [-0.2, 0) is 21.9 Å². The lowest BCUT2D eigenvalue weighted by Crippen LogP contribution is -2.50. The first-order valence-electron chi connectivity index (χ1n) is 10.2. The van der Waals surface area contributed by atoms with Crippen LogP contribution in [-0.4, -0.2) is 34.6 Å². The second kappa shape index (κ2) is 11.7. The smallest absolute Gasteiger partial charge is 0.242 e. The minimum Gasteiger partial charge on any atom is -0.352 e. The number of thioether (sulfide) groups is 1. The summed E-state index contributed by atoms with van der Waals surface area (Å²) in [5.41, 5.74) is 3.37. The molecule has 2 aromatic rings. The van der Waals surface area contributed by atoms with Gasteiger partial charge in [-0.25, -0.2) is 0 Å². The summed E-state index contributed by atoms with van der Waals surface area (Å²) < 4.78 is 0. The summed E-state index contributed by atoms with van der Waals surface area (Å²) in [5.74, 6) is 1.01. The van der Waals surface area contributed by atoms with Gasteiger partial charge in [-0.2, -0.15) is 0 Å². The van der Waals surface area contributed by atoms with Crippen LogP contribution in [0, 0.1) is 6.92 Å². The Morgan fingerprint density at radius 2 is 1.72 bits per heavy atom. The van der Waals surface area contributed by atoms with E-state index in [1.54, 1.807) is 16.7 Å². The van der Waals surface area contributed by atoms with Crippen molar-refractivity contribution in [3.8, 4) is 0 Å². The van der Waals surface area contributed by atoms with Crippen LogP contribution in [0.2, 0.25) is 0 Å². The molecule has 0 heterocycles. The average molecular weight is 413 g/mol. The van der Waals surface area contributed by atoms with E-state index in [1.807, 2.05) is 64.1 Å². The van der Waals surface area contributed by atoms with Gasteiger partial charge in [0, 0.05) is 18.3 Å². The molecule has 2 amide bonds. The number of rotatable bonds is 10. The van der Waals surface area contributed by atoms with Gasteiger partial charge in [-0.3, -0.25) is 9.59 Å². The van der Waals surface area contributed by atoms with E-state index in [0.717, 1.165) is 23.3 Å². The zero-order valence-corrected chi connectivity index (χ0v) is 18.7. The summed E-state index contributed by atoms with van der Waals surface area (Å²) in [5, 5.41) is 3.00. The summed E-state index contributed by atoms with van der Waals surface area (Å²) in [6.45, 7) is 8.29. The summed E-state index contributed by atoms with van der Waals surface area (Å²) in [7, 11) is 0. The molecule has 1 N–H and O–H groups in total. The van der Waals surface area contributed by atoms with Gasteiger partial charge in [0.1, 0.15) is 6.04 Å². The van der Waals surface area contributed by atoms with E-state index < -0.39 is 6.04 Å². The number of amides is 2. The minimum atomic E-state index is -0.519. The van der Waals surface area contributed by atoms with Gasteiger partial charge in [0.05, 0.1) is 5.75 Å². The average Bonchev–Trinajstić information content (AvgIpc) is 2.72. The molecular formula is C24H32N2O2S. The molecule has 0 fully saturated rings. The van der Waals surface area contributed by atoms with Crippen molar-refractivity contribution in [2.45, 2.75) is 58.5 Å². The highest BCUT2D eigenvalue weighted by molar-refractivity contribution is 7.99. The molecule has 0 aliphatic heterocycles. The van der Waals surface area contributed by atoms with E-state index >= 15 is 0 Å². The lowest BCUT2D eigenvalue weighted by Gasteiger charge is -2.29. The minimum absolute atomic E-state index is 0.0146. The molecule has 2 aromatic carbocycles. The lowest BCUT2D eigenvalue weighted by molar-refractivity contribution is -0.138. The van der Waals surface area contributed by atoms with Crippen molar-refractivity contribution in [3.05, 3.63) is 71.3 Å². The predicted octanol–water partition coefficient (Wildman–Crippen LogP) is 4.56. The molecule has 0 bridgehead atoms. The van der Waals surface area contributed by atoms with E-state index in [0.29, 0.717) is 12.3 Å². The zero-order valence-electron chi connectivity index (χ0n) is 17.9. The second-order valence-corrected chi connectivity index (χ2v) is 8.47. The van der Waals surface area contributed by atoms with Crippen LogP contribution in [0.5, 0.6) is 0 Å². The van der Waals surface area contributed by atoms with Gasteiger partial charge in [-0.15, -0.1) is 11.8 Å². The monoisotopic (exact) mass is 412 g/mol. The van der Waals surface area contributed by atoms with Crippen LogP contribution < -0.4 is 5.32 Å². The van der Waals surface area contributed by atoms with E-state index in [1.165, 1.54) is 5.56 Å². The number of nitrogens with zero attached hydrogens (tertiary/aromatic N) is 1. The first-order valence-corrected chi connectivity index (χ1v) is 11.3. The van der Waals surface area contributed by atoms with Gasteiger partial charge < -0.3 is 10.2 Å².